The van der Waals surface area contributed by atoms with E-state index in [9.17, 15) is 22.4 Å². The van der Waals surface area contributed by atoms with Gasteiger partial charge >= 0.3 is 0 Å². The minimum absolute atomic E-state index is 0.0314. The third kappa shape index (κ3) is 5.78. The Morgan fingerprint density at radius 3 is 2.11 bits per heavy atom. The number of carbonyl (C=O) groups excluding carboxylic acids is 1. The standard InChI is InChI=1S/C26H22BrF4N5O/c27-23-21(25(37)32-13-15-7-17(28)11-18(29)8-15)1-2-22-24(23)34-26(33-22)36-5-3-35(4-6-36)14-16-9-19(30)12-20(31)10-16/h1-2,7-12H,3-6,13-14H2,(H,32,37)(H,33,34). The summed E-state index contributed by atoms with van der Waals surface area (Å²) in [5.74, 6) is -2.35. The van der Waals surface area contributed by atoms with Crippen molar-refractivity contribution in [3.05, 3.63) is 93.0 Å². The first kappa shape index (κ1) is 25.2. The number of nitrogens with zero attached hydrogens (tertiary/aromatic N) is 3. The second-order valence-electron chi connectivity index (χ2n) is 8.88. The smallest absolute Gasteiger partial charge is 0.252 e. The number of imidazole rings is 1. The third-order valence-electron chi connectivity index (χ3n) is 6.20. The number of anilines is 1. The van der Waals surface area contributed by atoms with E-state index in [1.807, 2.05) is 0 Å². The highest BCUT2D eigenvalue weighted by atomic mass is 79.9. The van der Waals surface area contributed by atoms with E-state index in [0.29, 0.717) is 65.4 Å². The summed E-state index contributed by atoms with van der Waals surface area (Å²) in [6, 6.07) is 10.1. The molecule has 1 aliphatic heterocycles. The Hall–Kier alpha value is -3.44. The molecule has 4 aromatic rings. The maximum atomic E-state index is 13.5. The number of aromatic amines is 1. The Bertz CT molecular complexity index is 1430. The molecule has 0 atom stereocenters. The quantitative estimate of drug-likeness (QED) is 0.313. The Labute approximate surface area is 218 Å². The first-order valence-electron chi connectivity index (χ1n) is 11.6. The largest absolute Gasteiger partial charge is 0.348 e. The average molecular weight is 576 g/mol. The molecule has 37 heavy (non-hydrogen) atoms. The number of piperazine rings is 1. The Kier molecular flexibility index (Phi) is 7.16. The molecular weight excluding hydrogens is 554 g/mol. The van der Waals surface area contributed by atoms with Crippen LogP contribution in [0.2, 0.25) is 0 Å². The van der Waals surface area contributed by atoms with Gasteiger partial charge in [0.15, 0.2) is 0 Å². The van der Waals surface area contributed by atoms with Crippen molar-refractivity contribution in [2.45, 2.75) is 13.1 Å². The van der Waals surface area contributed by atoms with Crippen molar-refractivity contribution >= 4 is 38.8 Å². The SMILES string of the molecule is O=C(NCc1cc(F)cc(F)c1)c1ccc2[nH]c(N3CCN(Cc4cc(F)cc(F)c4)CC3)nc2c1Br. The van der Waals surface area contributed by atoms with Crippen molar-refractivity contribution in [2.24, 2.45) is 0 Å². The van der Waals surface area contributed by atoms with Crippen molar-refractivity contribution in [1.29, 1.82) is 0 Å². The first-order chi connectivity index (χ1) is 17.7. The molecule has 1 aromatic heterocycles. The molecule has 0 unspecified atom stereocenters. The van der Waals surface area contributed by atoms with Gasteiger partial charge in [-0.15, -0.1) is 0 Å². The highest BCUT2D eigenvalue weighted by molar-refractivity contribution is 9.10. The molecule has 2 N–H and O–H groups in total. The molecule has 1 amide bonds. The predicted molar refractivity (Wildman–Crippen MR) is 135 cm³/mol. The van der Waals surface area contributed by atoms with Gasteiger partial charge in [0.25, 0.3) is 5.91 Å². The first-order valence-corrected chi connectivity index (χ1v) is 12.4. The number of amides is 1. The number of benzene rings is 3. The van der Waals surface area contributed by atoms with Gasteiger partial charge in [0.2, 0.25) is 5.95 Å². The number of fused-ring (bicyclic) bond motifs is 1. The lowest BCUT2D eigenvalue weighted by Crippen LogP contribution is -2.46. The van der Waals surface area contributed by atoms with Crippen LogP contribution in [0.25, 0.3) is 11.0 Å². The number of nitrogens with one attached hydrogen (secondary N) is 2. The van der Waals surface area contributed by atoms with Gasteiger partial charge < -0.3 is 15.2 Å². The van der Waals surface area contributed by atoms with E-state index in [1.54, 1.807) is 12.1 Å². The lowest BCUT2D eigenvalue weighted by Gasteiger charge is -2.34. The van der Waals surface area contributed by atoms with Gasteiger partial charge in [-0.25, -0.2) is 22.5 Å². The summed E-state index contributed by atoms with van der Waals surface area (Å²) >= 11 is 3.48. The number of H-pyrrole nitrogens is 1. The molecule has 192 valence electrons. The summed E-state index contributed by atoms with van der Waals surface area (Å²) in [6.45, 7) is 3.11. The van der Waals surface area contributed by atoms with E-state index >= 15 is 0 Å². The van der Waals surface area contributed by atoms with Gasteiger partial charge in [0.1, 0.15) is 28.8 Å². The predicted octanol–water partition coefficient (Wildman–Crippen LogP) is 5.13. The monoisotopic (exact) mass is 575 g/mol. The molecule has 5 rings (SSSR count). The zero-order valence-electron chi connectivity index (χ0n) is 19.5. The lowest BCUT2D eigenvalue weighted by molar-refractivity contribution is 0.0950. The van der Waals surface area contributed by atoms with E-state index in [0.717, 1.165) is 29.8 Å². The van der Waals surface area contributed by atoms with E-state index in [2.05, 4.69) is 41.0 Å². The molecule has 0 bridgehead atoms. The molecule has 3 aromatic carbocycles. The van der Waals surface area contributed by atoms with Crippen molar-refractivity contribution in [1.82, 2.24) is 20.2 Å². The van der Waals surface area contributed by atoms with Crippen LogP contribution < -0.4 is 10.2 Å². The number of hydrogen-bond acceptors (Lipinski definition) is 4. The molecule has 6 nitrogen and oxygen atoms in total. The fourth-order valence-electron chi connectivity index (χ4n) is 4.42. The molecule has 0 aliphatic carbocycles. The molecule has 1 aliphatic rings. The van der Waals surface area contributed by atoms with Gasteiger partial charge in [-0.2, -0.15) is 0 Å². The van der Waals surface area contributed by atoms with Gasteiger partial charge in [-0.3, -0.25) is 9.69 Å². The molecule has 0 spiro atoms. The van der Waals surface area contributed by atoms with Crippen LogP contribution in [0.4, 0.5) is 23.5 Å². The molecule has 0 saturated carbocycles. The zero-order valence-corrected chi connectivity index (χ0v) is 21.1. The van der Waals surface area contributed by atoms with Gasteiger partial charge in [0, 0.05) is 51.4 Å². The fourth-order valence-corrected chi connectivity index (χ4v) is 5.04. The summed E-state index contributed by atoms with van der Waals surface area (Å²) in [5, 5.41) is 2.67. The summed E-state index contributed by atoms with van der Waals surface area (Å²) in [5.41, 5.74) is 2.56. The molecule has 1 fully saturated rings. The van der Waals surface area contributed by atoms with Crippen LogP contribution in [0, 0.1) is 23.3 Å². The van der Waals surface area contributed by atoms with Crippen LogP contribution in [-0.2, 0) is 13.1 Å². The number of carbonyl (C=O) groups is 1. The minimum Gasteiger partial charge on any atom is -0.348 e. The maximum absolute atomic E-state index is 13.5. The van der Waals surface area contributed by atoms with Crippen LogP contribution in [0.3, 0.4) is 0 Å². The normalized spacial score (nSPS) is 14.4. The maximum Gasteiger partial charge on any atom is 0.252 e. The van der Waals surface area contributed by atoms with Gasteiger partial charge in [0.05, 0.1) is 15.6 Å². The van der Waals surface area contributed by atoms with E-state index in [4.69, 9.17) is 0 Å². The zero-order chi connectivity index (χ0) is 26.1. The second kappa shape index (κ2) is 10.5. The number of hydrogen-bond donors (Lipinski definition) is 2. The highest BCUT2D eigenvalue weighted by Crippen LogP contribution is 2.29. The Morgan fingerprint density at radius 1 is 0.892 bits per heavy atom. The molecule has 11 heteroatoms. The molecule has 2 heterocycles. The molecular formula is C26H22BrF4N5O. The number of aromatic nitrogens is 2. The Morgan fingerprint density at radius 2 is 1.49 bits per heavy atom. The van der Waals surface area contributed by atoms with Crippen LogP contribution >= 0.6 is 15.9 Å². The van der Waals surface area contributed by atoms with Crippen molar-refractivity contribution in [3.8, 4) is 0 Å². The summed E-state index contributed by atoms with van der Waals surface area (Å²) in [4.78, 5) is 24.9. The Balaban J connectivity index is 1.24. The minimum atomic E-state index is -0.709. The average Bonchev–Trinajstić information content (AvgIpc) is 3.27. The van der Waals surface area contributed by atoms with Crippen molar-refractivity contribution in [3.63, 3.8) is 0 Å². The number of rotatable bonds is 6. The topological polar surface area (TPSA) is 64.3 Å². The fraction of sp³-hybridized carbons (Fsp3) is 0.231. The van der Waals surface area contributed by atoms with Crippen LogP contribution in [0.1, 0.15) is 21.5 Å². The van der Waals surface area contributed by atoms with Gasteiger partial charge in [-0.1, -0.05) is 0 Å². The summed E-state index contributed by atoms with van der Waals surface area (Å²) in [6.07, 6.45) is 0. The third-order valence-corrected chi connectivity index (χ3v) is 7.00. The second-order valence-corrected chi connectivity index (χ2v) is 9.68. The van der Waals surface area contributed by atoms with Gasteiger partial charge in [-0.05, 0) is 63.5 Å². The van der Waals surface area contributed by atoms with E-state index < -0.39 is 29.2 Å². The summed E-state index contributed by atoms with van der Waals surface area (Å²) in [7, 11) is 0. The van der Waals surface area contributed by atoms with Crippen molar-refractivity contribution in [2.75, 3.05) is 31.1 Å². The number of halogens is 5. The molecule has 1 saturated heterocycles. The van der Waals surface area contributed by atoms with E-state index in [1.165, 1.54) is 12.1 Å². The van der Waals surface area contributed by atoms with Crippen LogP contribution in [-0.4, -0.2) is 47.0 Å². The van der Waals surface area contributed by atoms with Crippen molar-refractivity contribution < 1.29 is 22.4 Å². The van der Waals surface area contributed by atoms with E-state index in [-0.39, 0.29) is 6.54 Å². The molecule has 0 radical (unpaired) electrons. The summed E-state index contributed by atoms with van der Waals surface area (Å²) < 4.78 is 54.3. The highest BCUT2D eigenvalue weighted by Gasteiger charge is 2.22. The van der Waals surface area contributed by atoms with Crippen LogP contribution in [0.15, 0.2) is 53.0 Å². The lowest BCUT2D eigenvalue weighted by atomic mass is 10.1. The van der Waals surface area contributed by atoms with Crippen LogP contribution in [0.5, 0.6) is 0 Å².